The van der Waals surface area contributed by atoms with Gasteiger partial charge in [0.05, 0.1) is 19.9 Å². The Morgan fingerprint density at radius 3 is 2.46 bits per heavy atom. The number of hydrogen-bond donors (Lipinski definition) is 2. The minimum atomic E-state index is -0.257. The van der Waals surface area contributed by atoms with Crippen LogP contribution in [0.1, 0.15) is 29.2 Å². The summed E-state index contributed by atoms with van der Waals surface area (Å²) in [5, 5.41) is 6.91. The van der Waals surface area contributed by atoms with Gasteiger partial charge in [-0.1, -0.05) is 30.3 Å². The molecule has 0 saturated heterocycles. The lowest BCUT2D eigenvalue weighted by Gasteiger charge is -2.22. The van der Waals surface area contributed by atoms with Gasteiger partial charge >= 0.3 is 6.03 Å². The van der Waals surface area contributed by atoms with E-state index in [0.29, 0.717) is 6.54 Å². The van der Waals surface area contributed by atoms with Crippen LogP contribution < -0.4 is 20.1 Å². The summed E-state index contributed by atoms with van der Waals surface area (Å²) >= 11 is 3.11. The summed E-state index contributed by atoms with van der Waals surface area (Å²) in [5.41, 5.74) is 3.93. The molecule has 0 aliphatic carbocycles. The average molecular weight is 512 g/mol. The minimum Gasteiger partial charge on any atom is -0.497 e. The number of urea groups is 1. The highest BCUT2D eigenvalue weighted by atomic mass is 32.2. The molecule has 3 aromatic rings. The molecular weight excluding hydrogens is 478 g/mol. The molecule has 0 aliphatic rings. The van der Waals surface area contributed by atoms with Crippen molar-refractivity contribution in [1.29, 1.82) is 0 Å². The van der Waals surface area contributed by atoms with Crippen molar-refractivity contribution in [1.82, 2.24) is 10.3 Å². The fourth-order valence-corrected chi connectivity index (χ4v) is 5.23. The van der Waals surface area contributed by atoms with Crippen LogP contribution in [0, 0.1) is 6.92 Å². The summed E-state index contributed by atoms with van der Waals surface area (Å²) in [7, 11) is 3.32. The largest absolute Gasteiger partial charge is 0.497 e. The van der Waals surface area contributed by atoms with E-state index in [2.05, 4.69) is 27.8 Å². The number of hydrogen-bond acceptors (Lipinski definition) is 6. The quantitative estimate of drug-likeness (QED) is 0.291. The van der Waals surface area contributed by atoms with E-state index in [1.165, 1.54) is 17.3 Å². The van der Waals surface area contributed by atoms with Gasteiger partial charge in [-0.2, -0.15) is 0 Å². The lowest BCUT2D eigenvalue weighted by atomic mass is 9.91. The molecule has 1 atom stereocenters. The number of thioether (sulfide) groups is 2. The molecule has 2 amide bonds. The molecule has 3 rings (SSSR count). The molecule has 35 heavy (non-hydrogen) atoms. The molecule has 0 radical (unpaired) electrons. The third-order valence-electron chi connectivity index (χ3n) is 5.74. The number of rotatable bonds is 11. The summed E-state index contributed by atoms with van der Waals surface area (Å²) in [6, 6.07) is 17.9. The van der Waals surface area contributed by atoms with E-state index in [1.54, 1.807) is 26.0 Å². The fourth-order valence-electron chi connectivity index (χ4n) is 3.92. The molecule has 0 fully saturated rings. The van der Waals surface area contributed by atoms with E-state index in [1.807, 2.05) is 61.9 Å². The maximum atomic E-state index is 13.0. The van der Waals surface area contributed by atoms with E-state index in [4.69, 9.17) is 9.47 Å². The predicted molar refractivity (Wildman–Crippen MR) is 147 cm³/mol. The summed E-state index contributed by atoms with van der Waals surface area (Å²) in [4.78, 5) is 18.6. The Morgan fingerprint density at radius 1 is 1.03 bits per heavy atom. The second-order valence-corrected chi connectivity index (χ2v) is 9.66. The molecule has 8 heteroatoms. The van der Waals surface area contributed by atoms with Gasteiger partial charge in [0.25, 0.3) is 0 Å². The molecule has 2 aromatic carbocycles. The second-order valence-electron chi connectivity index (χ2n) is 8.01. The number of benzene rings is 2. The van der Waals surface area contributed by atoms with Crippen molar-refractivity contribution in [3.63, 3.8) is 0 Å². The van der Waals surface area contributed by atoms with Crippen LogP contribution in [0.25, 0.3) is 0 Å². The van der Waals surface area contributed by atoms with Crippen molar-refractivity contribution < 1.29 is 14.3 Å². The number of methoxy groups -OCH3 is 2. The Kier molecular flexibility index (Phi) is 10.2. The number of amides is 2. The van der Waals surface area contributed by atoms with Gasteiger partial charge < -0.3 is 20.1 Å². The van der Waals surface area contributed by atoms with E-state index in [9.17, 15) is 4.79 Å². The Balaban J connectivity index is 1.80. The normalized spacial score (nSPS) is 11.6. The highest BCUT2D eigenvalue weighted by molar-refractivity contribution is 7.99. The van der Waals surface area contributed by atoms with E-state index in [0.717, 1.165) is 51.2 Å². The SMILES string of the molecule is COc1ccc(OC)c(C(CCc2ccccc2)CNC(=O)Nc2c(SC)cc(C)nc2SC)c1. The number of nitrogens with one attached hydrogen (secondary N) is 2. The summed E-state index contributed by atoms with van der Waals surface area (Å²) in [6.07, 6.45) is 5.68. The molecule has 0 spiro atoms. The zero-order valence-electron chi connectivity index (χ0n) is 20.9. The van der Waals surface area contributed by atoms with Gasteiger partial charge in [-0.3, -0.25) is 0 Å². The molecule has 186 valence electrons. The van der Waals surface area contributed by atoms with E-state index < -0.39 is 0 Å². The second kappa shape index (κ2) is 13.3. The predicted octanol–water partition coefficient (Wildman–Crippen LogP) is 6.39. The van der Waals surface area contributed by atoms with Crippen LogP contribution in [0.3, 0.4) is 0 Å². The molecule has 0 aliphatic heterocycles. The van der Waals surface area contributed by atoms with Gasteiger partial charge in [-0.15, -0.1) is 23.5 Å². The number of aryl methyl sites for hydroxylation is 2. The first-order chi connectivity index (χ1) is 17.0. The first-order valence-electron chi connectivity index (χ1n) is 11.4. The fraction of sp³-hybridized carbons (Fsp3) is 0.333. The first kappa shape index (κ1) is 26.8. The number of carbonyl (C=O) groups excluding carboxylic acids is 1. The van der Waals surface area contributed by atoms with Gasteiger partial charge in [-0.05, 0) is 62.1 Å². The Morgan fingerprint density at radius 2 is 1.80 bits per heavy atom. The maximum Gasteiger partial charge on any atom is 0.319 e. The lowest BCUT2D eigenvalue weighted by Crippen LogP contribution is -2.33. The zero-order valence-corrected chi connectivity index (χ0v) is 22.5. The molecular formula is C27H33N3O3S2. The third-order valence-corrected chi connectivity index (χ3v) is 7.18. The number of aromatic nitrogens is 1. The standard InChI is InChI=1S/C27H33N3O3S2/c1-18-15-24(34-4)25(26(29-18)35-5)30-27(31)28-17-20(12-11-19-9-7-6-8-10-19)22-16-21(32-2)13-14-23(22)33-3/h6-10,13-16,20H,11-12,17H2,1-5H3,(H2,28,30,31). The molecule has 1 unspecified atom stereocenters. The topological polar surface area (TPSA) is 72.5 Å². The number of ether oxygens (including phenoxy) is 2. The molecule has 1 aromatic heterocycles. The van der Waals surface area contributed by atoms with Crippen LogP contribution >= 0.6 is 23.5 Å². The van der Waals surface area contributed by atoms with Crippen molar-refractivity contribution in [2.75, 3.05) is 38.6 Å². The molecule has 1 heterocycles. The molecule has 2 N–H and O–H groups in total. The highest BCUT2D eigenvalue weighted by Gasteiger charge is 2.20. The smallest absolute Gasteiger partial charge is 0.319 e. The van der Waals surface area contributed by atoms with E-state index >= 15 is 0 Å². The Bertz CT molecular complexity index is 1100. The lowest BCUT2D eigenvalue weighted by molar-refractivity contribution is 0.251. The van der Waals surface area contributed by atoms with Gasteiger partial charge in [0.1, 0.15) is 16.5 Å². The van der Waals surface area contributed by atoms with Gasteiger partial charge in [0, 0.05) is 28.6 Å². The van der Waals surface area contributed by atoms with E-state index in [-0.39, 0.29) is 11.9 Å². The Labute approximate surface area is 216 Å². The van der Waals surface area contributed by atoms with Crippen molar-refractivity contribution in [2.24, 2.45) is 0 Å². The monoisotopic (exact) mass is 511 g/mol. The molecule has 0 bridgehead atoms. The van der Waals surface area contributed by atoms with Crippen LogP contribution in [0.2, 0.25) is 0 Å². The maximum absolute atomic E-state index is 13.0. The van der Waals surface area contributed by atoms with Crippen LogP contribution in [0.4, 0.5) is 10.5 Å². The van der Waals surface area contributed by atoms with Crippen molar-refractivity contribution >= 4 is 35.2 Å². The molecule has 6 nitrogen and oxygen atoms in total. The summed E-state index contributed by atoms with van der Waals surface area (Å²) < 4.78 is 11.1. The van der Waals surface area contributed by atoms with Crippen molar-refractivity contribution in [3.8, 4) is 11.5 Å². The Hall–Kier alpha value is -2.84. The third kappa shape index (κ3) is 7.32. The number of carbonyl (C=O) groups is 1. The zero-order chi connectivity index (χ0) is 25.2. The van der Waals surface area contributed by atoms with Gasteiger partial charge in [0.15, 0.2) is 0 Å². The average Bonchev–Trinajstić information content (AvgIpc) is 2.89. The van der Waals surface area contributed by atoms with Gasteiger partial charge in [-0.25, -0.2) is 9.78 Å². The van der Waals surface area contributed by atoms with Crippen LogP contribution in [0.5, 0.6) is 11.5 Å². The van der Waals surface area contributed by atoms with Crippen molar-refractivity contribution in [2.45, 2.75) is 35.6 Å². The summed E-state index contributed by atoms with van der Waals surface area (Å²) in [6.45, 7) is 2.41. The van der Waals surface area contributed by atoms with Crippen molar-refractivity contribution in [3.05, 3.63) is 71.4 Å². The molecule has 0 saturated carbocycles. The van der Waals surface area contributed by atoms with Crippen LogP contribution in [0.15, 0.2) is 64.5 Å². The number of nitrogens with zero attached hydrogens (tertiary/aromatic N) is 1. The van der Waals surface area contributed by atoms with Crippen LogP contribution in [-0.4, -0.2) is 44.3 Å². The summed E-state index contributed by atoms with van der Waals surface area (Å²) in [5.74, 6) is 1.57. The first-order valence-corrected chi connectivity index (χ1v) is 13.8. The highest BCUT2D eigenvalue weighted by Crippen LogP contribution is 2.35. The number of pyridine rings is 1. The van der Waals surface area contributed by atoms with Crippen LogP contribution in [-0.2, 0) is 6.42 Å². The van der Waals surface area contributed by atoms with Gasteiger partial charge in [0.2, 0.25) is 0 Å². The minimum absolute atomic E-state index is 0.0298. The number of anilines is 1.